The first-order valence-electron chi connectivity index (χ1n) is 8.88. The van der Waals surface area contributed by atoms with Gasteiger partial charge in [-0.1, -0.05) is 37.3 Å². The van der Waals surface area contributed by atoms with E-state index in [4.69, 9.17) is 0 Å². The fraction of sp³-hybridized carbons (Fsp3) is 0.350. The van der Waals surface area contributed by atoms with Gasteiger partial charge in [-0.15, -0.1) is 0 Å². The number of sulfone groups is 1. The van der Waals surface area contributed by atoms with E-state index in [9.17, 15) is 13.2 Å². The van der Waals surface area contributed by atoms with Crippen LogP contribution in [0.4, 0.5) is 5.69 Å². The summed E-state index contributed by atoms with van der Waals surface area (Å²) in [7, 11) is -3.23. The third-order valence-corrected chi connectivity index (χ3v) is 6.53. The Labute approximate surface area is 155 Å². The van der Waals surface area contributed by atoms with Crippen molar-refractivity contribution >= 4 is 21.3 Å². The quantitative estimate of drug-likeness (QED) is 0.729. The van der Waals surface area contributed by atoms with E-state index in [-0.39, 0.29) is 16.4 Å². The smallest absolute Gasteiger partial charge is 0.178 e. The van der Waals surface area contributed by atoms with Gasteiger partial charge < -0.3 is 4.90 Å². The highest BCUT2D eigenvalue weighted by Crippen LogP contribution is 2.16. The van der Waals surface area contributed by atoms with Gasteiger partial charge >= 0.3 is 0 Å². The Morgan fingerprint density at radius 1 is 0.923 bits per heavy atom. The van der Waals surface area contributed by atoms with Crippen molar-refractivity contribution in [2.45, 2.75) is 11.8 Å². The summed E-state index contributed by atoms with van der Waals surface area (Å²) in [5, 5.41) is 0. The summed E-state index contributed by atoms with van der Waals surface area (Å²) in [6.07, 6.45) is 0. The first-order valence-corrected chi connectivity index (χ1v) is 10.5. The molecule has 1 fully saturated rings. The third kappa shape index (κ3) is 4.31. The Hall–Kier alpha value is -2.18. The number of benzene rings is 2. The Bertz CT molecular complexity index is 840. The van der Waals surface area contributed by atoms with Gasteiger partial charge in [0.05, 0.1) is 17.2 Å². The molecule has 26 heavy (non-hydrogen) atoms. The van der Waals surface area contributed by atoms with Gasteiger partial charge in [-0.3, -0.25) is 9.69 Å². The van der Waals surface area contributed by atoms with Crippen LogP contribution in [-0.4, -0.2) is 57.6 Å². The van der Waals surface area contributed by atoms with Crippen LogP contribution in [0.15, 0.2) is 59.5 Å². The van der Waals surface area contributed by atoms with Crippen molar-refractivity contribution in [2.75, 3.05) is 43.4 Å². The third-order valence-electron chi connectivity index (χ3n) is 4.78. The highest BCUT2D eigenvalue weighted by atomic mass is 32.2. The van der Waals surface area contributed by atoms with E-state index in [1.165, 1.54) is 17.8 Å². The van der Waals surface area contributed by atoms with Crippen molar-refractivity contribution in [3.05, 3.63) is 60.2 Å². The van der Waals surface area contributed by atoms with E-state index in [0.29, 0.717) is 12.1 Å². The molecule has 0 radical (unpaired) electrons. The van der Waals surface area contributed by atoms with Crippen LogP contribution in [0.1, 0.15) is 17.3 Å². The summed E-state index contributed by atoms with van der Waals surface area (Å²) < 4.78 is 23.7. The maximum atomic E-state index is 12.5. The Kier molecular flexibility index (Phi) is 5.74. The van der Waals surface area contributed by atoms with E-state index in [1.807, 2.05) is 18.2 Å². The van der Waals surface area contributed by atoms with Crippen molar-refractivity contribution in [3.63, 3.8) is 0 Å². The summed E-state index contributed by atoms with van der Waals surface area (Å²) in [6.45, 7) is 5.44. The molecule has 1 aliphatic rings. The molecule has 2 aromatic carbocycles. The van der Waals surface area contributed by atoms with Crippen molar-refractivity contribution in [1.82, 2.24) is 4.90 Å². The number of carbonyl (C=O) groups is 1. The van der Waals surface area contributed by atoms with Crippen LogP contribution in [-0.2, 0) is 9.84 Å². The van der Waals surface area contributed by atoms with Crippen LogP contribution in [0.2, 0.25) is 0 Å². The number of nitrogens with zero attached hydrogens (tertiary/aromatic N) is 2. The topological polar surface area (TPSA) is 57.7 Å². The fourth-order valence-electron chi connectivity index (χ4n) is 3.11. The molecule has 3 rings (SSSR count). The maximum absolute atomic E-state index is 12.5. The molecule has 5 nitrogen and oxygen atoms in total. The lowest BCUT2D eigenvalue weighted by Gasteiger charge is -2.35. The average Bonchev–Trinajstić information content (AvgIpc) is 2.69. The van der Waals surface area contributed by atoms with Crippen LogP contribution < -0.4 is 4.90 Å². The molecule has 2 aromatic rings. The zero-order valence-electron chi connectivity index (χ0n) is 15.0. The summed E-state index contributed by atoms with van der Waals surface area (Å²) in [4.78, 5) is 17.2. The SMILES string of the molecule is CCS(=O)(=O)c1ccc(C(=O)CN2CCN(c3ccccc3)CC2)cc1. The second-order valence-corrected chi connectivity index (χ2v) is 8.73. The molecule has 0 bridgehead atoms. The molecule has 1 heterocycles. The van der Waals surface area contributed by atoms with Crippen LogP contribution in [0.25, 0.3) is 0 Å². The van der Waals surface area contributed by atoms with Gasteiger partial charge in [0.25, 0.3) is 0 Å². The summed E-state index contributed by atoms with van der Waals surface area (Å²) >= 11 is 0. The summed E-state index contributed by atoms with van der Waals surface area (Å²) in [6, 6.07) is 16.6. The lowest BCUT2D eigenvalue weighted by atomic mass is 10.1. The normalized spacial score (nSPS) is 15.8. The van der Waals surface area contributed by atoms with Gasteiger partial charge in [-0.05, 0) is 24.3 Å². The molecule has 1 saturated heterocycles. The number of carbonyl (C=O) groups excluding carboxylic acids is 1. The highest BCUT2D eigenvalue weighted by Gasteiger charge is 2.20. The second kappa shape index (κ2) is 8.01. The van der Waals surface area contributed by atoms with Gasteiger partial charge in [-0.25, -0.2) is 8.42 Å². The molecule has 0 aliphatic carbocycles. The van der Waals surface area contributed by atoms with Gasteiger partial charge in [0.2, 0.25) is 0 Å². The molecular weight excluding hydrogens is 348 g/mol. The molecule has 0 amide bonds. The van der Waals surface area contributed by atoms with E-state index < -0.39 is 9.84 Å². The number of hydrogen-bond donors (Lipinski definition) is 0. The molecule has 1 aliphatic heterocycles. The van der Waals surface area contributed by atoms with Crippen molar-refractivity contribution in [1.29, 1.82) is 0 Å². The molecule has 6 heteroatoms. The van der Waals surface area contributed by atoms with E-state index in [0.717, 1.165) is 26.2 Å². The number of rotatable bonds is 6. The Morgan fingerprint density at radius 2 is 1.54 bits per heavy atom. The van der Waals surface area contributed by atoms with Crippen LogP contribution in [0.3, 0.4) is 0 Å². The van der Waals surface area contributed by atoms with Gasteiger partial charge in [-0.2, -0.15) is 0 Å². The van der Waals surface area contributed by atoms with Crippen LogP contribution >= 0.6 is 0 Å². The minimum Gasteiger partial charge on any atom is -0.369 e. The Morgan fingerprint density at radius 3 is 2.12 bits per heavy atom. The molecule has 0 unspecified atom stereocenters. The molecule has 0 atom stereocenters. The first kappa shape index (κ1) is 18.6. The zero-order chi connectivity index (χ0) is 18.6. The van der Waals surface area contributed by atoms with Gasteiger partial charge in [0, 0.05) is 37.4 Å². The second-order valence-electron chi connectivity index (χ2n) is 6.45. The fourth-order valence-corrected chi connectivity index (χ4v) is 4.00. The monoisotopic (exact) mass is 372 g/mol. The largest absolute Gasteiger partial charge is 0.369 e. The lowest BCUT2D eigenvalue weighted by molar-refractivity contribution is 0.0926. The van der Waals surface area contributed by atoms with Gasteiger partial charge in [0.15, 0.2) is 15.6 Å². The molecule has 0 spiro atoms. The molecule has 0 N–H and O–H groups in total. The first-order chi connectivity index (χ1) is 12.5. The van der Waals surface area contributed by atoms with Crippen LogP contribution in [0, 0.1) is 0 Å². The maximum Gasteiger partial charge on any atom is 0.178 e. The minimum atomic E-state index is -3.23. The Balaban J connectivity index is 1.56. The predicted molar refractivity (Wildman–Crippen MR) is 104 cm³/mol. The van der Waals surface area contributed by atoms with E-state index >= 15 is 0 Å². The van der Waals surface area contributed by atoms with Crippen molar-refractivity contribution in [2.24, 2.45) is 0 Å². The molecular formula is C20H24N2O3S. The average molecular weight is 372 g/mol. The number of para-hydroxylation sites is 1. The van der Waals surface area contributed by atoms with Crippen molar-refractivity contribution in [3.8, 4) is 0 Å². The summed E-state index contributed by atoms with van der Waals surface area (Å²) in [5.74, 6) is 0.0880. The standard InChI is InChI=1S/C20H24N2O3S/c1-2-26(24,25)19-10-8-17(9-11-19)20(23)16-21-12-14-22(15-13-21)18-6-4-3-5-7-18/h3-11H,2,12-16H2,1H3. The number of piperazine rings is 1. The number of hydrogen-bond acceptors (Lipinski definition) is 5. The van der Waals surface area contributed by atoms with Crippen molar-refractivity contribution < 1.29 is 13.2 Å². The molecule has 138 valence electrons. The zero-order valence-corrected chi connectivity index (χ0v) is 15.8. The minimum absolute atomic E-state index is 0.0265. The number of anilines is 1. The number of ketones is 1. The highest BCUT2D eigenvalue weighted by molar-refractivity contribution is 7.91. The lowest BCUT2D eigenvalue weighted by Crippen LogP contribution is -2.48. The van der Waals surface area contributed by atoms with Crippen LogP contribution in [0.5, 0.6) is 0 Å². The van der Waals surface area contributed by atoms with E-state index in [1.54, 1.807) is 19.1 Å². The molecule has 0 aromatic heterocycles. The van der Waals surface area contributed by atoms with E-state index in [2.05, 4.69) is 21.9 Å². The van der Waals surface area contributed by atoms with Gasteiger partial charge in [0.1, 0.15) is 0 Å². The number of Topliss-reactive ketones (excluding diaryl/α,β-unsaturated/α-hetero) is 1. The predicted octanol–water partition coefficient (Wildman–Crippen LogP) is 2.49. The summed E-state index contributed by atoms with van der Waals surface area (Å²) in [5.41, 5.74) is 1.77. The molecule has 0 saturated carbocycles.